The number of carbonyl (C=O) groups excluding carboxylic acids is 1. The number of carbonyl (C=O) groups is 1. The average molecular weight is 411 g/mol. The number of amides is 1. The van der Waals surface area contributed by atoms with Crippen LogP contribution in [0.25, 0.3) is 4.96 Å². The lowest BCUT2D eigenvalue weighted by Gasteiger charge is -2.13. The summed E-state index contributed by atoms with van der Waals surface area (Å²) in [4.78, 5) is 29.1. The fourth-order valence-electron chi connectivity index (χ4n) is 2.43. The van der Waals surface area contributed by atoms with E-state index in [1.165, 1.54) is 28.0 Å². The smallest absolute Gasteiger partial charge is 0.379 e. The van der Waals surface area contributed by atoms with Gasteiger partial charge in [-0.05, 0) is 18.6 Å². The molecule has 148 valence electrons. The fraction of sp³-hybridized carbons (Fsp3) is 0.294. The maximum absolute atomic E-state index is 12.3. The van der Waals surface area contributed by atoms with Gasteiger partial charge in [0, 0.05) is 11.8 Å². The number of rotatable bonds is 6. The van der Waals surface area contributed by atoms with Crippen LogP contribution in [0.2, 0.25) is 0 Å². The van der Waals surface area contributed by atoms with Crippen molar-refractivity contribution in [2.24, 2.45) is 0 Å². The van der Waals surface area contributed by atoms with E-state index in [-0.39, 0.29) is 17.7 Å². The quantitative estimate of drug-likeness (QED) is 0.651. The van der Waals surface area contributed by atoms with Crippen LogP contribution in [0.1, 0.15) is 28.0 Å². The zero-order valence-corrected chi connectivity index (χ0v) is 15.5. The molecule has 1 aromatic carbocycles. The van der Waals surface area contributed by atoms with Crippen LogP contribution in [0, 0.1) is 0 Å². The minimum Gasteiger partial charge on any atom is -0.379 e. The molecule has 0 saturated carbocycles. The second-order valence-corrected chi connectivity index (χ2v) is 6.87. The summed E-state index contributed by atoms with van der Waals surface area (Å²) in [5, 5.41) is 9.73. The lowest BCUT2D eigenvalue weighted by molar-refractivity contribution is -0.123. The number of anilines is 1. The molecule has 0 unspecified atom stereocenters. The predicted molar refractivity (Wildman–Crippen MR) is 98.7 cm³/mol. The number of alkyl halides is 3. The highest BCUT2D eigenvalue weighted by Crippen LogP contribution is 2.18. The van der Waals surface area contributed by atoms with E-state index in [0.717, 1.165) is 5.01 Å². The molecule has 0 fully saturated rings. The highest BCUT2D eigenvalue weighted by Gasteiger charge is 2.28. The summed E-state index contributed by atoms with van der Waals surface area (Å²) in [5.74, 6) is -0.848. The number of benzene rings is 1. The van der Waals surface area contributed by atoms with Crippen LogP contribution >= 0.6 is 11.3 Å². The van der Waals surface area contributed by atoms with Gasteiger partial charge in [-0.25, -0.2) is 4.98 Å². The summed E-state index contributed by atoms with van der Waals surface area (Å²) >= 11 is 1.31. The van der Waals surface area contributed by atoms with Gasteiger partial charge in [-0.2, -0.15) is 22.8 Å². The number of aromatic nitrogens is 3. The van der Waals surface area contributed by atoms with Crippen molar-refractivity contribution in [1.29, 1.82) is 0 Å². The molecule has 0 aliphatic rings. The zero-order chi connectivity index (χ0) is 20.3. The van der Waals surface area contributed by atoms with Gasteiger partial charge in [0.05, 0.1) is 17.8 Å². The molecule has 0 aliphatic carbocycles. The van der Waals surface area contributed by atoms with E-state index in [4.69, 9.17) is 0 Å². The van der Waals surface area contributed by atoms with E-state index in [0.29, 0.717) is 22.8 Å². The van der Waals surface area contributed by atoms with E-state index in [2.05, 4.69) is 15.4 Å². The van der Waals surface area contributed by atoms with E-state index < -0.39 is 18.6 Å². The third kappa shape index (κ3) is 4.66. The molecule has 3 aromatic rings. The molecule has 0 saturated heterocycles. The summed E-state index contributed by atoms with van der Waals surface area (Å²) in [6.45, 7) is 0.626. The Kier molecular flexibility index (Phi) is 5.63. The normalized spacial score (nSPS) is 11.6. The molecule has 0 bridgehead atoms. The Bertz CT molecular complexity index is 1060. The van der Waals surface area contributed by atoms with E-state index in [1.54, 1.807) is 18.2 Å². The number of nitrogens with zero attached hydrogens (tertiary/aromatic N) is 3. The maximum atomic E-state index is 12.3. The number of para-hydroxylation sites is 1. The first-order valence-electron chi connectivity index (χ1n) is 8.33. The first-order chi connectivity index (χ1) is 13.3. The molecule has 2 aromatic heterocycles. The third-order valence-corrected chi connectivity index (χ3v) is 4.78. The summed E-state index contributed by atoms with van der Waals surface area (Å²) in [6.07, 6.45) is -3.81. The van der Waals surface area contributed by atoms with Crippen molar-refractivity contribution in [3.8, 4) is 0 Å². The first-order valence-corrected chi connectivity index (χ1v) is 9.15. The fourth-order valence-corrected chi connectivity index (χ4v) is 3.28. The van der Waals surface area contributed by atoms with E-state index >= 15 is 0 Å². The Morgan fingerprint density at radius 1 is 1.29 bits per heavy atom. The second kappa shape index (κ2) is 7.97. The number of halogens is 3. The van der Waals surface area contributed by atoms with Gasteiger partial charge in [0.1, 0.15) is 11.6 Å². The summed E-state index contributed by atoms with van der Waals surface area (Å²) in [7, 11) is 0. The SMILES string of the molecule is CCc1nn2c(=O)cc(CNc3ccccc3C(=O)NCC(F)(F)F)nc2s1. The highest BCUT2D eigenvalue weighted by molar-refractivity contribution is 7.16. The zero-order valence-electron chi connectivity index (χ0n) is 14.7. The number of hydrogen-bond acceptors (Lipinski definition) is 6. The summed E-state index contributed by atoms with van der Waals surface area (Å²) in [6, 6.07) is 7.50. The van der Waals surface area contributed by atoms with E-state index in [9.17, 15) is 22.8 Å². The van der Waals surface area contributed by atoms with E-state index in [1.807, 2.05) is 12.2 Å². The van der Waals surface area contributed by atoms with Gasteiger partial charge in [0.15, 0.2) is 0 Å². The maximum Gasteiger partial charge on any atom is 0.405 e. The van der Waals surface area contributed by atoms with Crippen molar-refractivity contribution in [1.82, 2.24) is 19.9 Å². The van der Waals surface area contributed by atoms with Crippen molar-refractivity contribution in [3.05, 3.63) is 57.0 Å². The molecule has 7 nitrogen and oxygen atoms in total. The van der Waals surface area contributed by atoms with Crippen molar-refractivity contribution in [3.63, 3.8) is 0 Å². The number of hydrogen-bond donors (Lipinski definition) is 2. The third-order valence-electron chi connectivity index (χ3n) is 3.72. The molecular formula is C17H16F3N5O2S. The molecular weight excluding hydrogens is 395 g/mol. The summed E-state index contributed by atoms with van der Waals surface area (Å²) < 4.78 is 38.2. The number of nitrogens with one attached hydrogen (secondary N) is 2. The minimum absolute atomic E-state index is 0.0654. The minimum atomic E-state index is -4.49. The first kappa shape index (κ1) is 19.8. The number of fused-ring (bicyclic) bond motifs is 1. The van der Waals surface area contributed by atoms with Crippen molar-refractivity contribution in [2.75, 3.05) is 11.9 Å². The lowest BCUT2D eigenvalue weighted by Crippen LogP contribution is -2.34. The topological polar surface area (TPSA) is 88.4 Å². The van der Waals surface area contributed by atoms with Gasteiger partial charge < -0.3 is 10.6 Å². The summed E-state index contributed by atoms with van der Waals surface area (Å²) in [5.41, 5.74) is 0.508. The molecule has 11 heteroatoms. The predicted octanol–water partition coefficient (Wildman–Crippen LogP) is 2.62. The van der Waals surface area contributed by atoms with Crippen molar-refractivity contribution >= 4 is 27.9 Å². The van der Waals surface area contributed by atoms with Gasteiger partial charge in [-0.1, -0.05) is 30.4 Å². The van der Waals surface area contributed by atoms with Crippen LogP contribution in [0.15, 0.2) is 35.1 Å². The van der Waals surface area contributed by atoms with Crippen LogP contribution in [0.3, 0.4) is 0 Å². The monoisotopic (exact) mass is 411 g/mol. The molecule has 1 amide bonds. The Morgan fingerprint density at radius 3 is 2.75 bits per heavy atom. The van der Waals surface area contributed by atoms with Crippen LogP contribution in [0.5, 0.6) is 0 Å². The van der Waals surface area contributed by atoms with Crippen LogP contribution in [0.4, 0.5) is 18.9 Å². The Morgan fingerprint density at radius 2 is 2.04 bits per heavy atom. The number of aryl methyl sites for hydroxylation is 1. The van der Waals surface area contributed by atoms with Crippen LogP contribution in [-0.2, 0) is 13.0 Å². The molecule has 2 N–H and O–H groups in total. The lowest BCUT2D eigenvalue weighted by atomic mass is 10.1. The van der Waals surface area contributed by atoms with Crippen molar-refractivity contribution < 1.29 is 18.0 Å². The Balaban J connectivity index is 1.77. The van der Waals surface area contributed by atoms with Gasteiger partial charge in [-0.15, -0.1) is 0 Å². The van der Waals surface area contributed by atoms with Crippen LogP contribution in [-0.4, -0.2) is 33.2 Å². The standard InChI is InChI=1S/C17H16F3N5O2S/c1-2-13-24-25-14(26)7-10(23-16(25)28-13)8-21-12-6-4-3-5-11(12)15(27)22-9-17(18,19)20/h3-7,21H,2,8-9H2,1H3,(H,22,27). The molecule has 28 heavy (non-hydrogen) atoms. The van der Waals surface area contributed by atoms with Crippen molar-refractivity contribution in [2.45, 2.75) is 26.1 Å². The van der Waals surface area contributed by atoms with Gasteiger partial charge >= 0.3 is 6.18 Å². The molecule has 0 atom stereocenters. The molecule has 0 aliphatic heterocycles. The Labute approximate surface area is 161 Å². The molecule has 0 radical (unpaired) electrons. The van der Waals surface area contributed by atoms with Gasteiger partial charge in [0.25, 0.3) is 11.5 Å². The largest absolute Gasteiger partial charge is 0.405 e. The Hall–Kier alpha value is -2.95. The average Bonchev–Trinajstić information content (AvgIpc) is 3.08. The second-order valence-electron chi connectivity index (χ2n) is 5.83. The van der Waals surface area contributed by atoms with Gasteiger partial charge in [0.2, 0.25) is 4.96 Å². The van der Waals surface area contributed by atoms with Gasteiger partial charge in [-0.3, -0.25) is 9.59 Å². The molecule has 0 spiro atoms. The van der Waals surface area contributed by atoms with Crippen LogP contribution < -0.4 is 16.2 Å². The molecule has 2 heterocycles. The highest BCUT2D eigenvalue weighted by atomic mass is 32.1. The molecule has 3 rings (SSSR count).